The van der Waals surface area contributed by atoms with Crippen molar-refractivity contribution in [1.29, 1.82) is 0 Å². The van der Waals surface area contributed by atoms with Gasteiger partial charge < -0.3 is 9.64 Å². The summed E-state index contributed by atoms with van der Waals surface area (Å²) < 4.78 is 5.41. The van der Waals surface area contributed by atoms with E-state index in [9.17, 15) is 0 Å². The molecule has 0 aromatic heterocycles. The molecule has 1 aromatic rings. The maximum Gasteiger partial charge on any atom is 0.0642 e. The molecule has 2 nitrogen and oxygen atoms in total. The number of benzene rings is 1. The molecule has 1 fully saturated rings. The van der Waals surface area contributed by atoms with Crippen LogP contribution in [0.15, 0.2) is 30.3 Å². The quantitative estimate of drug-likeness (QED) is 0.712. The van der Waals surface area contributed by atoms with Crippen LogP contribution in [0.4, 0.5) is 0 Å². The van der Waals surface area contributed by atoms with Crippen molar-refractivity contribution < 1.29 is 4.74 Å². The smallest absolute Gasteiger partial charge is 0.0642 e. The van der Waals surface area contributed by atoms with Gasteiger partial charge in [0.05, 0.1) is 13.2 Å². The summed E-state index contributed by atoms with van der Waals surface area (Å²) in [5, 5.41) is 0. The molecule has 0 amide bonds. The summed E-state index contributed by atoms with van der Waals surface area (Å²) in [5.74, 6) is 0. The second-order valence-electron chi connectivity index (χ2n) is 4.38. The van der Waals surface area contributed by atoms with E-state index in [1.54, 1.807) is 0 Å². The average Bonchev–Trinajstić information content (AvgIpc) is 2.39. The van der Waals surface area contributed by atoms with Gasteiger partial charge in [-0.1, -0.05) is 30.3 Å². The van der Waals surface area contributed by atoms with E-state index in [0.717, 1.165) is 26.3 Å². The molecule has 0 N–H and O–H groups in total. The maximum atomic E-state index is 5.41. The highest BCUT2D eigenvalue weighted by atomic mass is 16.5. The highest BCUT2D eigenvalue weighted by Crippen LogP contribution is 2.29. The predicted molar refractivity (Wildman–Crippen MR) is 65.1 cm³/mol. The third-order valence-electron chi connectivity index (χ3n) is 3.40. The van der Waals surface area contributed by atoms with Crippen molar-refractivity contribution in [2.45, 2.75) is 12.8 Å². The molecule has 1 aromatic carbocycles. The van der Waals surface area contributed by atoms with Gasteiger partial charge in [-0.05, 0) is 18.4 Å². The third kappa shape index (κ3) is 1.74. The summed E-state index contributed by atoms with van der Waals surface area (Å²) in [6.07, 6.45) is 4.74. The van der Waals surface area contributed by atoms with Crippen molar-refractivity contribution >= 4 is 5.70 Å². The standard InChI is InChI=1S/C14H17NO/c1-2-6-13-12(4-1)5-3-7-14(13)15-8-10-16-11-9-15/h1-2,4,6-7H,3,5,8-11H2. The van der Waals surface area contributed by atoms with E-state index in [-0.39, 0.29) is 0 Å². The van der Waals surface area contributed by atoms with Crippen LogP contribution in [0.5, 0.6) is 0 Å². The molecule has 0 spiro atoms. The molecule has 0 radical (unpaired) electrons. The van der Waals surface area contributed by atoms with Crippen LogP contribution in [-0.2, 0) is 11.2 Å². The van der Waals surface area contributed by atoms with Crippen molar-refractivity contribution in [3.05, 3.63) is 41.5 Å². The normalized spacial score (nSPS) is 20.2. The molecule has 1 aliphatic carbocycles. The SMILES string of the molecule is C1=C(N2CCOCC2)c2ccccc2CC1. The molecule has 1 heterocycles. The highest BCUT2D eigenvalue weighted by molar-refractivity contribution is 5.68. The first kappa shape index (κ1) is 9.91. The van der Waals surface area contributed by atoms with E-state index < -0.39 is 0 Å². The summed E-state index contributed by atoms with van der Waals surface area (Å²) in [5.41, 5.74) is 4.34. The highest BCUT2D eigenvalue weighted by Gasteiger charge is 2.19. The minimum atomic E-state index is 0.861. The Labute approximate surface area is 96.5 Å². The van der Waals surface area contributed by atoms with Gasteiger partial charge in [-0.25, -0.2) is 0 Å². The number of ether oxygens (including phenoxy) is 1. The van der Waals surface area contributed by atoms with Crippen molar-refractivity contribution in [1.82, 2.24) is 4.90 Å². The van der Waals surface area contributed by atoms with Gasteiger partial charge >= 0.3 is 0 Å². The van der Waals surface area contributed by atoms with Gasteiger partial charge in [0.1, 0.15) is 0 Å². The van der Waals surface area contributed by atoms with Crippen molar-refractivity contribution in [3.8, 4) is 0 Å². The van der Waals surface area contributed by atoms with Crippen LogP contribution in [0.25, 0.3) is 5.70 Å². The molecular weight excluding hydrogens is 198 g/mol. The maximum absolute atomic E-state index is 5.41. The zero-order chi connectivity index (χ0) is 10.8. The van der Waals surface area contributed by atoms with Crippen LogP contribution in [0.3, 0.4) is 0 Å². The Morgan fingerprint density at radius 2 is 1.88 bits per heavy atom. The average molecular weight is 215 g/mol. The van der Waals surface area contributed by atoms with E-state index in [1.165, 1.54) is 29.7 Å². The molecule has 2 aliphatic rings. The molecule has 0 atom stereocenters. The fraction of sp³-hybridized carbons (Fsp3) is 0.429. The van der Waals surface area contributed by atoms with E-state index >= 15 is 0 Å². The second kappa shape index (κ2) is 4.30. The van der Waals surface area contributed by atoms with Gasteiger partial charge in [-0.2, -0.15) is 0 Å². The monoisotopic (exact) mass is 215 g/mol. The number of nitrogens with zero attached hydrogens (tertiary/aromatic N) is 1. The lowest BCUT2D eigenvalue weighted by Gasteiger charge is -2.33. The van der Waals surface area contributed by atoms with Gasteiger partial charge in [0, 0.05) is 24.4 Å². The Bertz CT molecular complexity index is 405. The number of hydrogen-bond acceptors (Lipinski definition) is 2. The summed E-state index contributed by atoms with van der Waals surface area (Å²) in [7, 11) is 0. The van der Waals surface area contributed by atoms with E-state index in [2.05, 4.69) is 35.2 Å². The molecule has 84 valence electrons. The number of aryl methyl sites for hydroxylation is 1. The summed E-state index contributed by atoms with van der Waals surface area (Å²) in [4.78, 5) is 2.46. The van der Waals surface area contributed by atoms with Crippen LogP contribution in [0.2, 0.25) is 0 Å². The van der Waals surface area contributed by atoms with Gasteiger partial charge in [0.2, 0.25) is 0 Å². The molecule has 0 bridgehead atoms. The van der Waals surface area contributed by atoms with Gasteiger partial charge in [0.15, 0.2) is 0 Å². The molecule has 0 unspecified atom stereocenters. The fourth-order valence-corrected chi connectivity index (χ4v) is 2.57. The Hall–Kier alpha value is -1.28. The van der Waals surface area contributed by atoms with Crippen molar-refractivity contribution in [2.24, 2.45) is 0 Å². The van der Waals surface area contributed by atoms with Crippen LogP contribution < -0.4 is 0 Å². The number of morpholine rings is 1. The molecule has 16 heavy (non-hydrogen) atoms. The van der Waals surface area contributed by atoms with Crippen molar-refractivity contribution in [3.63, 3.8) is 0 Å². The Morgan fingerprint density at radius 1 is 1.06 bits per heavy atom. The largest absolute Gasteiger partial charge is 0.378 e. The van der Waals surface area contributed by atoms with E-state index in [0.29, 0.717) is 0 Å². The summed E-state index contributed by atoms with van der Waals surface area (Å²) >= 11 is 0. The second-order valence-corrected chi connectivity index (χ2v) is 4.38. The molecule has 2 heteroatoms. The molecule has 1 saturated heterocycles. The fourth-order valence-electron chi connectivity index (χ4n) is 2.57. The lowest BCUT2D eigenvalue weighted by atomic mass is 9.94. The zero-order valence-electron chi connectivity index (χ0n) is 9.48. The number of hydrogen-bond donors (Lipinski definition) is 0. The molecule has 1 aliphatic heterocycles. The van der Waals surface area contributed by atoms with Gasteiger partial charge in [-0.3, -0.25) is 0 Å². The molecule has 3 rings (SSSR count). The molecular formula is C14H17NO. The first-order chi connectivity index (χ1) is 7.95. The van der Waals surface area contributed by atoms with E-state index in [1.807, 2.05) is 0 Å². The molecule has 0 saturated carbocycles. The number of allylic oxidation sites excluding steroid dienone is 1. The van der Waals surface area contributed by atoms with Crippen molar-refractivity contribution in [2.75, 3.05) is 26.3 Å². The topological polar surface area (TPSA) is 12.5 Å². The van der Waals surface area contributed by atoms with E-state index in [4.69, 9.17) is 4.74 Å². The van der Waals surface area contributed by atoms with Crippen LogP contribution >= 0.6 is 0 Å². The predicted octanol–water partition coefficient (Wildman–Crippen LogP) is 2.31. The lowest BCUT2D eigenvalue weighted by molar-refractivity contribution is 0.0637. The summed E-state index contributed by atoms with van der Waals surface area (Å²) in [6, 6.07) is 8.78. The first-order valence-electron chi connectivity index (χ1n) is 6.06. The van der Waals surface area contributed by atoms with Gasteiger partial charge in [-0.15, -0.1) is 0 Å². The van der Waals surface area contributed by atoms with Crippen LogP contribution in [0, 0.1) is 0 Å². The first-order valence-corrected chi connectivity index (χ1v) is 6.06. The Morgan fingerprint density at radius 3 is 2.75 bits per heavy atom. The Balaban J connectivity index is 1.92. The number of fused-ring (bicyclic) bond motifs is 1. The Kier molecular flexibility index (Phi) is 2.66. The number of rotatable bonds is 1. The zero-order valence-corrected chi connectivity index (χ0v) is 9.48. The third-order valence-corrected chi connectivity index (χ3v) is 3.40. The van der Waals surface area contributed by atoms with Gasteiger partial charge in [0.25, 0.3) is 0 Å². The summed E-state index contributed by atoms with van der Waals surface area (Å²) in [6.45, 7) is 3.78. The lowest BCUT2D eigenvalue weighted by Crippen LogP contribution is -2.35. The minimum absolute atomic E-state index is 0.861. The van der Waals surface area contributed by atoms with Crippen LogP contribution in [0.1, 0.15) is 17.5 Å². The van der Waals surface area contributed by atoms with Crippen LogP contribution in [-0.4, -0.2) is 31.2 Å². The minimum Gasteiger partial charge on any atom is -0.378 e.